The molecule has 1 aromatic rings. The minimum Gasteiger partial charge on any atom is -0.490 e. The lowest BCUT2D eigenvalue weighted by Gasteiger charge is -2.20. The van der Waals surface area contributed by atoms with Gasteiger partial charge in [-0.05, 0) is 38.3 Å². The lowest BCUT2D eigenvalue weighted by Crippen LogP contribution is -2.42. The number of ether oxygens (including phenoxy) is 1. The Kier molecular flexibility index (Phi) is 3.87. The minimum atomic E-state index is -0.359. The monoisotopic (exact) mass is 278 g/mol. The first kappa shape index (κ1) is 13.4. The molecule has 0 radical (unpaired) electrons. The number of fused-ring (bicyclic) bond motifs is 1. The van der Waals surface area contributed by atoms with E-state index >= 15 is 0 Å². The highest BCUT2D eigenvalue weighted by Gasteiger charge is 2.28. The van der Waals surface area contributed by atoms with Gasteiger partial charge in [0.2, 0.25) is 5.91 Å². The molecule has 20 heavy (non-hydrogen) atoms. The molecule has 2 N–H and O–H groups in total. The van der Waals surface area contributed by atoms with Crippen LogP contribution >= 0.6 is 0 Å². The maximum Gasteiger partial charge on any atom is 0.237 e. The van der Waals surface area contributed by atoms with E-state index in [1.54, 1.807) is 6.07 Å². The Labute approximate surface area is 117 Å². The zero-order valence-electron chi connectivity index (χ0n) is 11.3. The van der Waals surface area contributed by atoms with Crippen LogP contribution in [0.5, 0.6) is 5.75 Å². The van der Waals surface area contributed by atoms with Crippen LogP contribution in [0.15, 0.2) is 18.2 Å². The van der Waals surface area contributed by atoms with Crippen LogP contribution < -0.4 is 15.4 Å². The summed E-state index contributed by atoms with van der Waals surface area (Å²) in [5, 5.41) is 6.22. The van der Waals surface area contributed by atoms with E-state index < -0.39 is 0 Å². The van der Waals surface area contributed by atoms with Gasteiger partial charge in [0.15, 0.2) is 11.6 Å². The molecular weight excluding hydrogens is 259 g/mol. The lowest BCUT2D eigenvalue weighted by molar-refractivity contribution is -0.123. The number of hydrogen-bond donors (Lipinski definition) is 2. The van der Waals surface area contributed by atoms with E-state index in [1.165, 1.54) is 6.07 Å². The second kappa shape index (κ2) is 5.79. The number of hydrogen-bond acceptors (Lipinski definition) is 3. The average molecular weight is 278 g/mol. The maximum atomic E-state index is 13.8. The molecule has 0 bridgehead atoms. The number of amides is 1. The Balaban J connectivity index is 1.79. The molecule has 2 heterocycles. The van der Waals surface area contributed by atoms with Gasteiger partial charge in [-0.25, -0.2) is 4.39 Å². The minimum absolute atomic E-state index is 0.00427. The summed E-state index contributed by atoms with van der Waals surface area (Å²) in [4.78, 5) is 12.2. The molecule has 0 aliphatic carbocycles. The quantitative estimate of drug-likeness (QED) is 0.869. The van der Waals surface area contributed by atoms with Gasteiger partial charge in [0.05, 0.1) is 18.7 Å². The molecule has 2 aliphatic rings. The molecule has 108 valence electrons. The number of halogens is 1. The maximum absolute atomic E-state index is 13.8. The predicted octanol–water partition coefficient (Wildman–Crippen LogP) is 1.91. The van der Waals surface area contributed by atoms with Crippen molar-refractivity contribution in [1.82, 2.24) is 10.6 Å². The SMILES string of the molecule is O=C(N[C@H]1CCCOc2c(F)cccc21)[C@H]1CCCN1. The van der Waals surface area contributed by atoms with Crippen molar-refractivity contribution in [3.05, 3.63) is 29.6 Å². The second-order valence-electron chi connectivity index (χ2n) is 5.36. The number of carbonyl (C=O) groups is 1. The lowest BCUT2D eigenvalue weighted by atomic mass is 10.0. The Morgan fingerprint density at radius 3 is 3.05 bits per heavy atom. The van der Waals surface area contributed by atoms with Crippen LogP contribution in [0.4, 0.5) is 4.39 Å². The van der Waals surface area contributed by atoms with Crippen LogP contribution in [0.2, 0.25) is 0 Å². The molecule has 2 aliphatic heterocycles. The molecule has 3 rings (SSSR count). The molecule has 1 aromatic carbocycles. The third-order valence-electron chi connectivity index (χ3n) is 3.95. The van der Waals surface area contributed by atoms with Gasteiger partial charge < -0.3 is 15.4 Å². The normalized spacial score (nSPS) is 25.4. The highest BCUT2D eigenvalue weighted by atomic mass is 19.1. The van der Waals surface area contributed by atoms with E-state index in [4.69, 9.17) is 4.74 Å². The largest absolute Gasteiger partial charge is 0.490 e. The number of benzene rings is 1. The number of para-hydroxylation sites is 1. The van der Waals surface area contributed by atoms with Crippen molar-refractivity contribution in [3.63, 3.8) is 0 Å². The standard InChI is InChI=1S/C15H19FN2O2/c16-11-5-1-4-10-12(7-3-9-20-14(10)11)18-15(19)13-6-2-8-17-13/h1,4-5,12-13,17H,2-3,6-9H2,(H,18,19)/t12-,13+/m0/s1. The van der Waals surface area contributed by atoms with Crippen molar-refractivity contribution in [2.45, 2.75) is 37.8 Å². The molecule has 1 saturated heterocycles. The summed E-state index contributed by atoms with van der Waals surface area (Å²) in [6.45, 7) is 1.37. The van der Waals surface area contributed by atoms with Gasteiger partial charge in [-0.1, -0.05) is 12.1 Å². The fourth-order valence-corrected chi connectivity index (χ4v) is 2.90. The Morgan fingerprint density at radius 2 is 2.25 bits per heavy atom. The first-order valence-electron chi connectivity index (χ1n) is 7.20. The molecule has 0 aromatic heterocycles. The Morgan fingerprint density at radius 1 is 1.35 bits per heavy atom. The Bertz CT molecular complexity index is 501. The Hall–Kier alpha value is -1.62. The fraction of sp³-hybridized carbons (Fsp3) is 0.533. The van der Waals surface area contributed by atoms with Crippen LogP contribution in [-0.4, -0.2) is 25.1 Å². The van der Waals surface area contributed by atoms with Crippen molar-refractivity contribution in [2.75, 3.05) is 13.2 Å². The van der Waals surface area contributed by atoms with Crippen LogP contribution in [0.1, 0.15) is 37.3 Å². The predicted molar refractivity (Wildman–Crippen MR) is 73.0 cm³/mol. The fourth-order valence-electron chi connectivity index (χ4n) is 2.90. The van der Waals surface area contributed by atoms with E-state index in [1.807, 2.05) is 6.07 Å². The van der Waals surface area contributed by atoms with Gasteiger partial charge in [-0.3, -0.25) is 4.79 Å². The van der Waals surface area contributed by atoms with E-state index in [9.17, 15) is 9.18 Å². The van der Waals surface area contributed by atoms with Crippen molar-refractivity contribution < 1.29 is 13.9 Å². The van der Waals surface area contributed by atoms with Crippen molar-refractivity contribution >= 4 is 5.91 Å². The second-order valence-corrected chi connectivity index (χ2v) is 5.36. The van der Waals surface area contributed by atoms with Crippen molar-refractivity contribution in [3.8, 4) is 5.75 Å². The topological polar surface area (TPSA) is 50.4 Å². The van der Waals surface area contributed by atoms with E-state index in [2.05, 4.69) is 10.6 Å². The smallest absolute Gasteiger partial charge is 0.237 e. The van der Waals surface area contributed by atoms with E-state index in [0.717, 1.165) is 37.8 Å². The van der Waals surface area contributed by atoms with Gasteiger partial charge in [-0.15, -0.1) is 0 Å². The summed E-state index contributed by atoms with van der Waals surface area (Å²) in [6.07, 6.45) is 3.47. The number of carbonyl (C=O) groups excluding carboxylic acids is 1. The van der Waals surface area contributed by atoms with Gasteiger partial charge in [-0.2, -0.15) is 0 Å². The van der Waals surface area contributed by atoms with Gasteiger partial charge in [0.1, 0.15) is 0 Å². The average Bonchev–Trinajstić information content (AvgIpc) is 2.90. The van der Waals surface area contributed by atoms with E-state index in [-0.39, 0.29) is 29.6 Å². The summed E-state index contributed by atoms with van der Waals surface area (Å²) in [5.74, 6) is -0.0677. The van der Waals surface area contributed by atoms with Crippen LogP contribution in [0.3, 0.4) is 0 Å². The summed E-state index contributed by atoms with van der Waals surface area (Å²) in [6, 6.07) is 4.60. The van der Waals surface area contributed by atoms with Gasteiger partial charge >= 0.3 is 0 Å². The third kappa shape index (κ3) is 2.63. The summed E-state index contributed by atoms with van der Waals surface area (Å²) >= 11 is 0. The summed E-state index contributed by atoms with van der Waals surface area (Å²) < 4.78 is 19.3. The zero-order chi connectivity index (χ0) is 13.9. The molecule has 0 saturated carbocycles. The molecule has 1 amide bonds. The number of nitrogens with one attached hydrogen (secondary N) is 2. The van der Waals surface area contributed by atoms with Gasteiger partial charge in [0, 0.05) is 5.56 Å². The zero-order valence-corrected chi connectivity index (χ0v) is 11.3. The van der Waals surface area contributed by atoms with Crippen LogP contribution in [0.25, 0.3) is 0 Å². The number of rotatable bonds is 2. The highest BCUT2D eigenvalue weighted by Crippen LogP contribution is 2.33. The summed E-state index contributed by atoms with van der Waals surface area (Å²) in [7, 11) is 0. The molecule has 1 fully saturated rings. The van der Waals surface area contributed by atoms with Crippen molar-refractivity contribution in [1.29, 1.82) is 0 Å². The molecule has 5 heteroatoms. The highest BCUT2D eigenvalue weighted by molar-refractivity contribution is 5.82. The molecule has 4 nitrogen and oxygen atoms in total. The van der Waals surface area contributed by atoms with Gasteiger partial charge in [0.25, 0.3) is 0 Å². The van der Waals surface area contributed by atoms with Crippen LogP contribution in [0, 0.1) is 5.82 Å². The van der Waals surface area contributed by atoms with Crippen LogP contribution in [-0.2, 0) is 4.79 Å². The molecular formula is C15H19FN2O2. The first-order valence-corrected chi connectivity index (χ1v) is 7.20. The summed E-state index contributed by atoms with van der Waals surface area (Å²) in [5.41, 5.74) is 0.744. The van der Waals surface area contributed by atoms with Crippen molar-refractivity contribution in [2.24, 2.45) is 0 Å². The third-order valence-corrected chi connectivity index (χ3v) is 3.95. The molecule has 2 atom stereocenters. The molecule has 0 unspecified atom stereocenters. The van der Waals surface area contributed by atoms with E-state index in [0.29, 0.717) is 6.61 Å². The molecule has 0 spiro atoms. The first-order chi connectivity index (χ1) is 9.75.